The number of carbonyl (C=O) groups excluding carboxylic acids is 3. The SMILES string of the molecule is C=C(C)C(=O)OCCC(=O)Oc1ccc(-c2ccc(OC(=O)C(=C)C)cc2)cc1. The van der Waals surface area contributed by atoms with E-state index in [1.54, 1.807) is 43.3 Å². The lowest BCUT2D eigenvalue weighted by molar-refractivity contribution is -0.142. The smallest absolute Gasteiger partial charge is 0.338 e. The number of hydrogen-bond acceptors (Lipinski definition) is 6. The van der Waals surface area contributed by atoms with Gasteiger partial charge in [0, 0.05) is 11.1 Å². The lowest BCUT2D eigenvalue weighted by Gasteiger charge is -2.08. The van der Waals surface area contributed by atoms with Crippen molar-refractivity contribution in [1.82, 2.24) is 0 Å². The van der Waals surface area contributed by atoms with Gasteiger partial charge in [0.2, 0.25) is 0 Å². The first-order chi connectivity index (χ1) is 13.8. The molecular weight excluding hydrogens is 372 g/mol. The van der Waals surface area contributed by atoms with Gasteiger partial charge in [-0.25, -0.2) is 9.59 Å². The summed E-state index contributed by atoms with van der Waals surface area (Å²) in [6.45, 7) is 10.1. The Labute approximate surface area is 169 Å². The van der Waals surface area contributed by atoms with E-state index in [1.165, 1.54) is 6.92 Å². The molecule has 2 rings (SSSR count). The molecule has 0 saturated heterocycles. The van der Waals surface area contributed by atoms with Crippen LogP contribution in [0.1, 0.15) is 20.3 Å². The highest BCUT2D eigenvalue weighted by Gasteiger charge is 2.09. The fraction of sp³-hybridized carbons (Fsp3) is 0.174. The predicted octanol–water partition coefficient (Wildman–Crippen LogP) is 4.25. The molecule has 2 aromatic rings. The van der Waals surface area contributed by atoms with E-state index in [9.17, 15) is 14.4 Å². The van der Waals surface area contributed by atoms with Gasteiger partial charge in [-0.05, 0) is 49.2 Å². The van der Waals surface area contributed by atoms with E-state index < -0.39 is 17.9 Å². The van der Waals surface area contributed by atoms with E-state index in [0.717, 1.165) is 11.1 Å². The summed E-state index contributed by atoms with van der Waals surface area (Å²) in [4.78, 5) is 34.6. The van der Waals surface area contributed by atoms with Crippen LogP contribution in [0.5, 0.6) is 11.5 Å². The van der Waals surface area contributed by atoms with Gasteiger partial charge in [-0.15, -0.1) is 0 Å². The summed E-state index contributed by atoms with van der Waals surface area (Å²) >= 11 is 0. The maximum atomic E-state index is 11.8. The van der Waals surface area contributed by atoms with Gasteiger partial charge in [-0.2, -0.15) is 0 Å². The highest BCUT2D eigenvalue weighted by atomic mass is 16.6. The topological polar surface area (TPSA) is 78.9 Å². The molecule has 0 amide bonds. The van der Waals surface area contributed by atoms with Gasteiger partial charge in [-0.1, -0.05) is 37.4 Å². The van der Waals surface area contributed by atoms with Gasteiger partial charge in [0.05, 0.1) is 6.42 Å². The Kier molecular flexibility index (Phi) is 7.48. The molecule has 0 radical (unpaired) electrons. The first kappa shape index (κ1) is 21.6. The molecule has 0 unspecified atom stereocenters. The second-order valence-corrected chi connectivity index (χ2v) is 6.36. The molecule has 0 aromatic heterocycles. The van der Waals surface area contributed by atoms with Crippen LogP contribution in [-0.2, 0) is 19.1 Å². The second-order valence-electron chi connectivity index (χ2n) is 6.36. The minimum Gasteiger partial charge on any atom is -0.462 e. The van der Waals surface area contributed by atoms with E-state index in [1.807, 2.05) is 12.1 Å². The Morgan fingerprint density at radius 3 is 1.62 bits per heavy atom. The summed E-state index contributed by atoms with van der Waals surface area (Å²) in [6.07, 6.45) is -0.0505. The van der Waals surface area contributed by atoms with Crippen molar-refractivity contribution in [3.05, 3.63) is 72.8 Å². The van der Waals surface area contributed by atoms with Gasteiger partial charge >= 0.3 is 17.9 Å². The summed E-state index contributed by atoms with van der Waals surface area (Å²) in [5.74, 6) is -0.701. The van der Waals surface area contributed by atoms with Crippen molar-refractivity contribution < 1.29 is 28.6 Å². The molecule has 0 atom stereocenters. The number of benzene rings is 2. The molecule has 0 N–H and O–H groups in total. The van der Waals surface area contributed by atoms with Crippen molar-refractivity contribution in [2.75, 3.05) is 6.61 Å². The third kappa shape index (κ3) is 6.77. The van der Waals surface area contributed by atoms with E-state index in [2.05, 4.69) is 13.2 Å². The van der Waals surface area contributed by atoms with Crippen LogP contribution >= 0.6 is 0 Å². The molecule has 0 saturated carbocycles. The maximum absolute atomic E-state index is 11.8. The molecule has 0 spiro atoms. The average molecular weight is 394 g/mol. The van der Waals surface area contributed by atoms with Gasteiger partial charge in [0.25, 0.3) is 0 Å². The first-order valence-electron chi connectivity index (χ1n) is 8.88. The lowest BCUT2D eigenvalue weighted by Crippen LogP contribution is -2.14. The molecule has 6 heteroatoms. The summed E-state index contributed by atoms with van der Waals surface area (Å²) in [5.41, 5.74) is 2.41. The molecule has 6 nitrogen and oxygen atoms in total. The van der Waals surface area contributed by atoms with Crippen molar-refractivity contribution >= 4 is 17.9 Å². The predicted molar refractivity (Wildman–Crippen MR) is 108 cm³/mol. The Balaban J connectivity index is 1.90. The zero-order chi connectivity index (χ0) is 21.4. The largest absolute Gasteiger partial charge is 0.462 e. The molecule has 2 aromatic carbocycles. The van der Waals surface area contributed by atoms with Crippen molar-refractivity contribution in [2.24, 2.45) is 0 Å². The maximum Gasteiger partial charge on any atom is 0.338 e. The third-order valence-corrected chi connectivity index (χ3v) is 3.72. The number of ether oxygens (including phenoxy) is 3. The number of hydrogen-bond donors (Lipinski definition) is 0. The van der Waals surface area contributed by atoms with Crippen LogP contribution in [0.3, 0.4) is 0 Å². The summed E-state index contributed by atoms with van der Waals surface area (Å²) in [5, 5.41) is 0. The van der Waals surface area contributed by atoms with E-state index in [0.29, 0.717) is 17.1 Å². The molecule has 0 aliphatic heterocycles. The average Bonchev–Trinajstić information content (AvgIpc) is 2.69. The molecule has 29 heavy (non-hydrogen) atoms. The van der Waals surface area contributed by atoms with Crippen LogP contribution < -0.4 is 9.47 Å². The highest BCUT2D eigenvalue weighted by Crippen LogP contribution is 2.25. The van der Waals surface area contributed by atoms with E-state index in [4.69, 9.17) is 14.2 Å². The molecule has 0 aliphatic rings. The molecular formula is C23H22O6. The van der Waals surface area contributed by atoms with Crippen LogP contribution in [-0.4, -0.2) is 24.5 Å². The highest BCUT2D eigenvalue weighted by molar-refractivity contribution is 5.89. The Hall–Kier alpha value is -3.67. The summed E-state index contributed by atoms with van der Waals surface area (Å²) < 4.78 is 15.2. The minimum atomic E-state index is -0.539. The summed E-state index contributed by atoms with van der Waals surface area (Å²) in [6, 6.07) is 14.0. The quantitative estimate of drug-likeness (QED) is 0.378. The molecule has 0 bridgehead atoms. The Morgan fingerprint density at radius 1 is 0.724 bits per heavy atom. The Bertz CT molecular complexity index is 923. The van der Waals surface area contributed by atoms with Crippen molar-refractivity contribution in [1.29, 1.82) is 0 Å². The fourth-order valence-electron chi connectivity index (χ4n) is 2.16. The van der Waals surface area contributed by atoms with Crippen molar-refractivity contribution in [2.45, 2.75) is 20.3 Å². The van der Waals surface area contributed by atoms with Crippen molar-refractivity contribution in [3.8, 4) is 22.6 Å². The Morgan fingerprint density at radius 2 is 1.17 bits per heavy atom. The number of esters is 3. The van der Waals surface area contributed by atoms with Crippen LogP contribution in [0, 0.1) is 0 Å². The monoisotopic (exact) mass is 394 g/mol. The van der Waals surface area contributed by atoms with Crippen LogP contribution in [0.15, 0.2) is 72.8 Å². The second kappa shape index (κ2) is 10.0. The normalized spacial score (nSPS) is 10.0. The van der Waals surface area contributed by atoms with Crippen LogP contribution in [0.2, 0.25) is 0 Å². The fourth-order valence-corrected chi connectivity index (χ4v) is 2.16. The molecule has 150 valence electrons. The first-order valence-corrected chi connectivity index (χ1v) is 8.88. The summed E-state index contributed by atoms with van der Waals surface area (Å²) in [7, 11) is 0. The minimum absolute atomic E-state index is 0.0505. The van der Waals surface area contributed by atoms with E-state index >= 15 is 0 Å². The van der Waals surface area contributed by atoms with Gasteiger partial charge in [0.1, 0.15) is 18.1 Å². The van der Waals surface area contributed by atoms with Gasteiger partial charge < -0.3 is 14.2 Å². The van der Waals surface area contributed by atoms with Gasteiger partial charge in [-0.3, -0.25) is 4.79 Å². The molecule has 0 aliphatic carbocycles. The third-order valence-electron chi connectivity index (χ3n) is 3.72. The van der Waals surface area contributed by atoms with Crippen molar-refractivity contribution in [3.63, 3.8) is 0 Å². The number of carbonyl (C=O) groups is 3. The lowest BCUT2D eigenvalue weighted by atomic mass is 10.1. The van der Waals surface area contributed by atoms with Crippen LogP contribution in [0.4, 0.5) is 0 Å². The van der Waals surface area contributed by atoms with Crippen LogP contribution in [0.25, 0.3) is 11.1 Å². The number of rotatable bonds is 8. The molecule has 0 heterocycles. The zero-order valence-electron chi connectivity index (χ0n) is 16.4. The van der Waals surface area contributed by atoms with E-state index in [-0.39, 0.29) is 18.6 Å². The zero-order valence-corrected chi connectivity index (χ0v) is 16.4. The standard InChI is InChI=1S/C23H22O6/c1-15(2)22(25)27-14-13-21(24)28-19-9-5-17(6-10-19)18-7-11-20(12-8-18)29-23(26)16(3)4/h5-12H,1,3,13-14H2,2,4H3. The molecule has 0 fully saturated rings. The van der Waals surface area contributed by atoms with Gasteiger partial charge in [0.15, 0.2) is 0 Å².